The van der Waals surface area contributed by atoms with Crippen molar-refractivity contribution in [2.45, 2.75) is 45.6 Å². The molecule has 0 radical (unpaired) electrons. The molecule has 2 amide bonds. The maximum absolute atomic E-state index is 13.5. The van der Waals surface area contributed by atoms with Crippen LogP contribution in [0.4, 0.5) is 14.9 Å². The van der Waals surface area contributed by atoms with Gasteiger partial charge >= 0.3 is 6.09 Å². The number of ether oxygens (including phenoxy) is 1. The molecule has 0 aromatic heterocycles. The van der Waals surface area contributed by atoms with Crippen LogP contribution in [0.5, 0.6) is 0 Å². The molecule has 2 heterocycles. The second-order valence-corrected chi connectivity index (χ2v) is 7.68. The lowest BCUT2D eigenvalue weighted by Gasteiger charge is -2.43. The molecule has 0 saturated carbocycles. The van der Waals surface area contributed by atoms with Crippen LogP contribution in [0.2, 0.25) is 0 Å². The number of nitrogens with zero attached hydrogens (tertiary/aromatic N) is 1. The smallest absolute Gasteiger partial charge is 0.410 e. The summed E-state index contributed by atoms with van der Waals surface area (Å²) in [6, 6.07) is 4.43. The maximum Gasteiger partial charge on any atom is 0.410 e. The molecule has 1 spiro atoms. The molecule has 2 aliphatic heterocycles. The average molecular weight is 334 g/mol. The third-order valence-electron chi connectivity index (χ3n) is 4.70. The molecule has 24 heavy (non-hydrogen) atoms. The fraction of sp³-hybridized carbons (Fsp3) is 0.556. The molecular weight excluding hydrogens is 311 g/mol. The Morgan fingerprint density at radius 3 is 2.58 bits per heavy atom. The van der Waals surface area contributed by atoms with Gasteiger partial charge in [0, 0.05) is 18.8 Å². The maximum atomic E-state index is 13.5. The molecule has 1 N–H and O–H groups in total. The van der Waals surface area contributed by atoms with Crippen LogP contribution in [0.3, 0.4) is 0 Å². The second-order valence-electron chi connectivity index (χ2n) is 7.68. The lowest BCUT2D eigenvalue weighted by molar-refractivity contribution is -0.128. The molecule has 130 valence electrons. The number of benzene rings is 1. The van der Waals surface area contributed by atoms with Crippen molar-refractivity contribution in [3.63, 3.8) is 0 Å². The highest BCUT2D eigenvalue weighted by atomic mass is 19.1. The van der Waals surface area contributed by atoms with Gasteiger partial charge in [0.1, 0.15) is 11.4 Å². The van der Waals surface area contributed by atoms with Crippen molar-refractivity contribution in [3.05, 3.63) is 29.6 Å². The van der Waals surface area contributed by atoms with E-state index in [-0.39, 0.29) is 17.8 Å². The van der Waals surface area contributed by atoms with Crippen LogP contribution in [0.15, 0.2) is 18.2 Å². The predicted octanol–water partition coefficient (Wildman–Crippen LogP) is 3.34. The van der Waals surface area contributed by atoms with Crippen LogP contribution in [-0.2, 0) is 16.0 Å². The quantitative estimate of drug-likeness (QED) is 0.792. The van der Waals surface area contributed by atoms with E-state index in [1.807, 2.05) is 20.8 Å². The first-order valence-electron chi connectivity index (χ1n) is 8.26. The standard InChI is InChI=1S/C18H23FN2O3/c1-17(2,3)24-16(23)21-8-6-18(7-9-21)11-12-10-13(19)4-5-14(12)20-15(18)22/h4-5,10H,6-9,11H2,1-3H3,(H,20,22). The molecular formula is C18H23FN2O3. The number of amides is 2. The molecule has 1 aromatic rings. The molecule has 1 aromatic carbocycles. The van der Waals surface area contributed by atoms with Gasteiger partial charge in [-0.05, 0) is 63.8 Å². The monoisotopic (exact) mass is 334 g/mol. The zero-order valence-corrected chi connectivity index (χ0v) is 14.3. The molecule has 0 bridgehead atoms. The Bertz CT molecular complexity index is 673. The summed E-state index contributed by atoms with van der Waals surface area (Å²) in [6.07, 6.45) is 1.26. The Kier molecular flexibility index (Phi) is 4.01. The summed E-state index contributed by atoms with van der Waals surface area (Å²) in [5.41, 5.74) is 0.395. The molecule has 0 unspecified atom stereocenters. The predicted molar refractivity (Wildman–Crippen MR) is 88.2 cm³/mol. The Balaban J connectivity index is 1.71. The molecule has 0 atom stereocenters. The number of piperidine rings is 1. The lowest BCUT2D eigenvalue weighted by Crippen LogP contribution is -2.51. The number of hydrogen-bond donors (Lipinski definition) is 1. The largest absolute Gasteiger partial charge is 0.444 e. The molecule has 5 nitrogen and oxygen atoms in total. The number of nitrogens with one attached hydrogen (secondary N) is 1. The Morgan fingerprint density at radius 2 is 1.96 bits per heavy atom. The van der Waals surface area contributed by atoms with Gasteiger partial charge in [0.15, 0.2) is 0 Å². The van der Waals surface area contributed by atoms with Gasteiger partial charge in [-0.25, -0.2) is 9.18 Å². The summed E-state index contributed by atoms with van der Waals surface area (Å²) in [7, 11) is 0. The van der Waals surface area contributed by atoms with Crippen molar-refractivity contribution in [3.8, 4) is 0 Å². The second kappa shape index (κ2) is 5.76. The van der Waals surface area contributed by atoms with E-state index in [1.165, 1.54) is 12.1 Å². The Labute approximate surface area is 141 Å². The van der Waals surface area contributed by atoms with E-state index in [0.717, 1.165) is 5.56 Å². The van der Waals surface area contributed by atoms with Gasteiger partial charge in [0.25, 0.3) is 0 Å². The first kappa shape index (κ1) is 16.7. The highest BCUT2D eigenvalue weighted by Crippen LogP contribution is 2.41. The molecule has 6 heteroatoms. The molecule has 1 fully saturated rings. The number of anilines is 1. The lowest BCUT2D eigenvalue weighted by atomic mass is 9.71. The Hall–Kier alpha value is -2.11. The minimum atomic E-state index is -0.570. The van der Waals surface area contributed by atoms with Gasteiger partial charge < -0.3 is 15.0 Å². The normalized spacial score (nSPS) is 19.7. The van der Waals surface area contributed by atoms with Crippen molar-refractivity contribution >= 4 is 17.7 Å². The highest BCUT2D eigenvalue weighted by molar-refractivity contribution is 5.98. The van der Waals surface area contributed by atoms with Gasteiger partial charge in [0.05, 0.1) is 5.41 Å². The summed E-state index contributed by atoms with van der Waals surface area (Å²) in [5.74, 6) is -0.336. The van der Waals surface area contributed by atoms with Gasteiger partial charge in [-0.2, -0.15) is 0 Å². The van der Waals surface area contributed by atoms with Crippen LogP contribution in [0.25, 0.3) is 0 Å². The third-order valence-corrected chi connectivity index (χ3v) is 4.70. The molecule has 2 aliphatic rings. The van der Waals surface area contributed by atoms with E-state index >= 15 is 0 Å². The van der Waals surface area contributed by atoms with Gasteiger partial charge in [-0.3, -0.25) is 4.79 Å². The van der Waals surface area contributed by atoms with Gasteiger partial charge in [0.2, 0.25) is 5.91 Å². The SMILES string of the molecule is CC(C)(C)OC(=O)N1CCC2(CC1)Cc1cc(F)ccc1NC2=O. The van der Waals surface area contributed by atoms with Crippen LogP contribution >= 0.6 is 0 Å². The summed E-state index contributed by atoms with van der Waals surface area (Å²) in [6.45, 7) is 6.42. The number of hydrogen-bond acceptors (Lipinski definition) is 3. The molecule has 0 aliphatic carbocycles. The number of rotatable bonds is 0. The zero-order valence-electron chi connectivity index (χ0n) is 14.3. The first-order chi connectivity index (χ1) is 11.2. The van der Waals surface area contributed by atoms with E-state index < -0.39 is 11.0 Å². The molecule has 1 saturated heterocycles. The summed E-state index contributed by atoms with van der Waals surface area (Å²) in [5, 5.41) is 2.89. The van der Waals surface area contributed by atoms with Crippen LogP contribution in [-0.4, -0.2) is 35.6 Å². The number of carbonyl (C=O) groups is 2. The zero-order chi connectivity index (χ0) is 17.5. The number of likely N-dealkylation sites (tertiary alicyclic amines) is 1. The highest BCUT2D eigenvalue weighted by Gasteiger charge is 2.45. The van der Waals surface area contributed by atoms with Gasteiger partial charge in [-0.15, -0.1) is 0 Å². The number of fused-ring (bicyclic) bond motifs is 1. The minimum absolute atomic E-state index is 0.0366. The number of halogens is 1. The summed E-state index contributed by atoms with van der Waals surface area (Å²) in [4.78, 5) is 26.4. The van der Waals surface area contributed by atoms with Crippen LogP contribution < -0.4 is 5.32 Å². The minimum Gasteiger partial charge on any atom is -0.444 e. The first-order valence-corrected chi connectivity index (χ1v) is 8.26. The van der Waals surface area contributed by atoms with Crippen molar-refractivity contribution in [1.29, 1.82) is 0 Å². The van der Waals surface area contributed by atoms with Crippen LogP contribution in [0.1, 0.15) is 39.2 Å². The van der Waals surface area contributed by atoms with E-state index in [2.05, 4.69) is 5.32 Å². The topological polar surface area (TPSA) is 58.6 Å². The van der Waals surface area contributed by atoms with E-state index in [0.29, 0.717) is 38.0 Å². The molecule has 3 rings (SSSR count). The van der Waals surface area contributed by atoms with E-state index in [4.69, 9.17) is 4.74 Å². The fourth-order valence-corrected chi connectivity index (χ4v) is 3.38. The Morgan fingerprint density at radius 1 is 1.29 bits per heavy atom. The van der Waals surface area contributed by atoms with E-state index in [9.17, 15) is 14.0 Å². The van der Waals surface area contributed by atoms with E-state index in [1.54, 1.807) is 11.0 Å². The summed E-state index contributed by atoms with van der Waals surface area (Å²) < 4.78 is 18.9. The fourth-order valence-electron chi connectivity index (χ4n) is 3.38. The van der Waals surface area contributed by atoms with Crippen molar-refractivity contribution in [2.24, 2.45) is 5.41 Å². The van der Waals surface area contributed by atoms with Crippen molar-refractivity contribution in [2.75, 3.05) is 18.4 Å². The average Bonchev–Trinajstić information content (AvgIpc) is 2.48. The van der Waals surface area contributed by atoms with Crippen molar-refractivity contribution in [1.82, 2.24) is 4.90 Å². The van der Waals surface area contributed by atoms with Gasteiger partial charge in [-0.1, -0.05) is 0 Å². The number of carbonyl (C=O) groups excluding carboxylic acids is 2. The van der Waals surface area contributed by atoms with Crippen LogP contribution in [0, 0.1) is 11.2 Å². The van der Waals surface area contributed by atoms with Crippen molar-refractivity contribution < 1.29 is 18.7 Å². The summed E-state index contributed by atoms with van der Waals surface area (Å²) >= 11 is 0. The third kappa shape index (κ3) is 3.23.